The molecule has 0 bridgehead atoms. The molecule has 19 heavy (non-hydrogen) atoms. The van der Waals surface area contributed by atoms with Crippen LogP contribution in [-0.4, -0.2) is 13.1 Å². The Hall–Kier alpha value is -1.52. The highest BCUT2D eigenvalue weighted by Gasteiger charge is 2.15. The molecule has 0 saturated carbocycles. The summed E-state index contributed by atoms with van der Waals surface area (Å²) in [7, 11) is 1.36. The number of esters is 1. The van der Waals surface area contributed by atoms with E-state index in [-0.39, 0.29) is 6.04 Å². The maximum Gasteiger partial charge on any atom is 0.340 e. The minimum atomic E-state index is -0.400. The number of thiophene rings is 1. The number of ether oxygens (including phenoxy) is 1. The molecule has 2 rings (SSSR count). The molecule has 1 unspecified atom stereocenters. The molecule has 3 nitrogen and oxygen atoms in total. The Morgan fingerprint density at radius 2 is 2.21 bits per heavy atom. The third kappa shape index (κ3) is 3.28. The minimum absolute atomic E-state index is 0.107. The lowest BCUT2D eigenvalue weighted by atomic mass is 10.1. The van der Waals surface area contributed by atoms with Crippen LogP contribution < -0.4 is 5.32 Å². The molecule has 0 saturated heterocycles. The highest BCUT2D eigenvalue weighted by molar-refractivity contribution is 7.08. The van der Waals surface area contributed by atoms with Gasteiger partial charge in [0.1, 0.15) is 0 Å². The van der Waals surface area contributed by atoms with Crippen LogP contribution >= 0.6 is 22.9 Å². The van der Waals surface area contributed by atoms with Crippen LogP contribution in [0.5, 0.6) is 0 Å². The summed E-state index contributed by atoms with van der Waals surface area (Å²) >= 11 is 7.56. The second-order valence-corrected chi connectivity index (χ2v) is 5.32. The van der Waals surface area contributed by atoms with Crippen LogP contribution in [-0.2, 0) is 4.74 Å². The van der Waals surface area contributed by atoms with Gasteiger partial charge in [0.15, 0.2) is 0 Å². The van der Waals surface area contributed by atoms with Crippen molar-refractivity contribution in [2.24, 2.45) is 0 Å². The van der Waals surface area contributed by atoms with Crippen molar-refractivity contribution in [2.75, 3.05) is 12.4 Å². The van der Waals surface area contributed by atoms with E-state index in [1.54, 1.807) is 29.5 Å². The summed E-state index contributed by atoms with van der Waals surface area (Å²) in [5.74, 6) is -0.400. The summed E-state index contributed by atoms with van der Waals surface area (Å²) in [6.07, 6.45) is 0. The van der Waals surface area contributed by atoms with Gasteiger partial charge in [0.2, 0.25) is 0 Å². The van der Waals surface area contributed by atoms with Crippen molar-refractivity contribution in [3.8, 4) is 0 Å². The normalized spacial score (nSPS) is 11.9. The third-order valence-electron chi connectivity index (χ3n) is 2.80. The smallest absolute Gasteiger partial charge is 0.340 e. The fraction of sp³-hybridized carbons (Fsp3) is 0.214. The molecule has 0 amide bonds. The molecule has 1 aromatic carbocycles. The van der Waals surface area contributed by atoms with E-state index in [0.717, 1.165) is 5.69 Å². The zero-order chi connectivity index (χ0) is 13.8. The number of rotatable bonds is 4. The topological polar surface area (TPSA) is 38.3 Å². The summed E-state index contributed by atoms with van der Waals surface area (Å²) < 4.78 is 4.77. The zero-order valence-corrected chi connectivity index (χ0v) is 12.2. The van der Waals surface area contributed by atoms with Crippen molar-refractivity contribution < 1.29 is 9.53 Å². The molecule has 100 valence electrons. The van der Waals surface area contributed by atoms with Gasteiger partial charge in [-0.3, -0.25) is 0 Å². The largest absolute Gasteiger partial charge is 0.465 e. The van der Waals surface area contributed by atoms with E-state index in [1.165, 1.54) is 12.7 Å². The Labute approximate surface area is 121 Å². The number of hydrogen-bond donors (Lipinski definition) is 1. The van der Waals surface area contributed by atoms with Crippen LogP contribution in [0.1, 0.15) is 28.9 Å². The molecular weight excluding hydrogens is 282 g/mol. The summed E-state index contributed by atoms with van der Waals surface area (Å²) in [4.78, 5) is 11.7. The first-order chi connectivity index (χ1) is 9.11. The number of benzene rings is 1. The van der Waals surface area contributed by atoms with Crippen LogP contribution in [0, 0.1) is 0 Å². The van der Waals surface area contributed by atoms with E-state index in [0.29, 0.717) is 10.6 Å². The van der Waals surface area contributed by atoms with Gasteiger partial charge >= 0.3 is 5.97 Å². The Balaban J connectivity index is 2.27. The predicted octanol–water partition coefficient (Wildman–Crippen LogP) is 4.36. The number of methoxy groups -OCH3 is 1. The van der Waals surface area contributed by atoms with E-state index in [1.807, 2.05) is 12.3 Å². The summed E-state index contributed by atoms with van der Waals surface area (Å²) in [5, 5.41) is 7.91. The number of halogens is 1. The average Bonchev–Trinajstić information content (AvgIpc) is 2.94. The van der Waals surface area contributed by atoms with E-state index in [4.69, 9.17) is 16.3 Å². The fourth-order valence-corrected chi connectivity index (χ4v) is 2.69. The Kier molecular flexibility index (Phi) is 4.45. The van der Waals surface area contributed by atoms with Crippen LogP contribution in [0.3, 0.4) is 0 Å². The van der Waals surface area contributed by atoms with Gasteiger partial charge in [0.25, 0.3) is 0 Å². The molecule has 0 aliphatic rings. The summed E-state index contributed by atoms with van der Waals surface area (Å²) in [6, 6.07) is 7.30. The van der Waals surface area contributed by atoms with Gasteiger partial charge in [-0.05, 0) is 47.5 Å². The van der Waals surface area contributed by atoms with Crippen molar-refractivity contribution in [2.45, 2.75) is 13.0 Å². The van der Waals surface area contributed by atoms with Crippen molar-refractivity contribution in [1.82, 2.24) is 0 Å². The quantitative estimate of drug-likeness (QED) is 0.852. The molecule has 1 N–H and O–H groups in total. The maximum atomic E-state index is 11.7. The SMILES string of the molecule is COC(=O)c1cc(Cl)ccc1NC(C)c1ccsc1. The molecule has 2 aromatic rings. The van der Waals surface area contributed by atoms with Crippen LogP contribution in [0.4, 0.5) is 5.69 Å². The lowest BCUT2D eigenvalue weighted by molar-refractivity contribution is 0.0602. The predicted molar refractivity (Wildman–Crippen MR) is 79.1 cm³/mol. The van der Waals surface area contributed by atoms with Crippen LogP contribution in [0.2, 0.25) is 5.02 Å². The highest BCUT2D eigenvalue weighted by atomic mass is 35.5. The van der Waals surface area contributed by atoms with Crippen LogP contribution in [0.25, 0.3) is 0 Å². The maximum absolute atomic E-state index is 11.7. The minimum Gasteiger partial charge on any atom is -0.465 e. The molecule has 0 radical (unpaired) electrons. The number of hydrogen-bond acceptors (Lipinski definition) is 4. The van der Waals surface area contributed by atoms with Gasteiger partial charge in [-0.1, -0.05) is 11.6 Å². The molecule has 5 heteroatoms. The number of carbonyl (C=O) groups is 1. The van der Waals surface area contributed by atoms with Gasteiger partial charge in [0, 0.05) is 16.8 Å². The highest BCUT2D eigenvalue weighted by Crippen LogP contribution is 2.26. The molecule has 0 aliphatic heterocycles. The Morgan fingerprint density at radius 1 is 1.42 bits per heavy atom. The van der Waals surface area contributed by atoms with E-state index in [9.17, 15) is 4.79 Å². The second-order valence-electron chi connectivity index (χ2n) is 4.10. The molecule has 0 aliphatic carbocycles. The first-order valence-corrected chi connectivity index (χ1v) is 7.10. The molecule has 1 atom stereocenters. The van der Waals surface area contributed by atoms with E-state index < -0.39 is 5.97 Å². The van der Waals surface area contributed by atoms with Crippen LogP contribution in [0.15, 0.2) is 35.0 Å². The van der Waals surface area contributed by atoms with Crippen molar-refractivity contribution >= 4 is 34.6 Å². The summed E-state index contributed by atoms with van der Waals surface area (Å²) in [6.45, 7) is 2.04. The van der Waals surface area contributed by atoms with E-state index >= 15 is 0 Å². The lowest BCUT2D eigenvalue weighted by Crippen LogP contribution is -2.11. The lowest BCUT2D eigenvalue weighted by Gasteiger charge is -2.16. The van der Waals surface area contributed by atoms with Gasteiger partial charge in [-0.15, -0.1) is 0 Å². The number of nitrogens with one attached hydrogen (secondary N) is 1. The number of anilines is 1. The van der Waals surface area contributed by atoms with Gasteiger partial charge < -0.3 is 10.1 Å². The van der Waals surface area contributed by atoms with Gasteiger partial charge in [-0.25, -0.2) is 4.79 Å². The first kappa shape index (κ1) is 13.9. The fourth-order valence-electron chi connectivity index (χ4n) is 1.76. The number of carbonyl (C=O) groups excluding carboxylic acids is 1. The van der Waals surface area contributed by atoms with Crippen molar-refractivity contribution in [3.05, 3.63) is 51.2 Å². The zero-order valence-electron chi connectivity index (χ0n) is 10.6. The molecule has 1 aromatic heterocycles. The first-order valence-electron chi connectivity index (χ1n) is 5.78. The van der Waals surface area contributed by atoms with Crippen molar-refractivity contribution in [1.29, 1.82) is 0 Å². The van der Waals surface area contributed by atoms with Gasteiger partial charge in [-0.2, -0.15) is 11.3 Å². The second kappa shape index (κ2) is 6.08. The van der Waals surface area contributed by atoms with Gasteiger partial charge in [0.05, 0.1) is 12.7 Å². The average molecular weight is 296 g/mol. The Morgan fingerprint density at radius 3 is 2.84 bits per heavy atom. The standard InChI is InChI=1S/C14H14ClNO2S/c1-9(10-5-6-19-8-10)16-13-4-3-11(15)7-12(13)14(17)18-2/h3-9,16H,1-2H3. The van der Waals surface area contributed by atoms with E-state index in [2.05, 4.69) is 16.8 Å². The summed E-state index contributed by atoms with van der Waals surface area (Å²) in [5.41, 5.74) is 2.34. The Bertz CT molecular complexity index is 569. The molecule has 0 fully saturated rings. The molecule has 0 spiro atoms. The molecule has 1 heterocycles. The molecular formula is C14H14ClNO2S. The third-order valence-corrected chi connectivity index (χ3v) is 3.74. The monoisotopic (exact) mass is 295 g/mol. The van der Waals surface area contributed by atoms with Crippen molar-refractivity contribution in [3.63, 3.8) is 0 Å².